The number of rotatable bonds is 7. The lowest BCUT2D eigenvalue weighted by atomic mass is 9.93. The average molecular weight is 399 g/mol. The molecule has 0 saturated heterocycles. The van der Waals surface area contributed by atoms with Gasteiger partial charge in [0.25, 0.3) is 0 Å². The van der Waals surface area contributed by atoms with Crippen molar-refractivity contribution in [1.29, 1.82) is 0 Å². The normalized spacial score (nSPS) is 11.8. The molecule has 0 aliphatic carbocycles. The van der Waals surface area contributed by atoms with E-state index in [9.17, 15) is 9.59 Å². The smallest absolute Gasteiger partial charge is 0.306 e. The van der Waals surface area contributed by atoms with Crippen LogP contribution >= 0.6 is 11.3 Å². The van der Waals surface area contributed by atoms with E-state index >= 15 is 0 Å². The lowest BCUT2D eigenvalue weighted by Gasteiger charge is -2.20. The quantitative estimate of drug-likeness (QED) is 0.562. The molecule has 1 amide bonds. The summed E-state index contributed by atoms with van der Waals surface area (Å²) in [7, 11) is 3.04. The van der Waals surface area contributed by atoms with Gasteiger partial charge in [0, 0.05) is 36.8 Å². The molecule has 0 spiro atoms. The van der Waals surface area contributed by atoms with Crippen molar-refractivity contribution in [1.82, 2.24) is 10.1 Å². The molecular formula is C20H21N3O4S. The number of hydrogen-bond donors (Lipinski definition) is 0. The Bertz CT molecular complexity index is 938. The first-order chi connectivity index (χ1) is 13.5. The molecule has 0 fully saturated rings. The Morgan fingerprint density at radius 3 is 2.64 bits per heavy atom. The molecular weight excluding hydrogens is 378 g/mol. The standard InChI is InChI=1S/C20H21N3O4S/c1-13-19(22-27-20(13)16-11-21-12-28-16)14(10-18(25)26-3)9-17(24)23(2)15-7-5-4-6-8-15/h4-8,11-12,14H,9-10H2,1-3H3/t14-/m1/s1. The van der Waals surface area contributed by atoms with E-state index in [1.165, 1.54) is 18.4 Å². The zero-order chi connectivity index (χ0) is 20.1. The van der Waals surface area contributed by atoms with Crippen molar-refractivity contribution in [3.63, 3.8) is 0 Å². The Kier molecular flexibility index (Phi) is 6.20. The van der Waals surface area contributed by atoms with Crippen LogP contribution in [0.25, 0.3) is 10.6 Å². The van der Waals surface area contributed by atoms with E-state index in [4.69, 9.17) is 9.26 Å². The van der Waals surface area contributed by atoms with Crippen LogP contribution in [0.1, 0.15) is 30.0 Å². The number of nitrogens with zero attached hydrogens (tertiary/aromatic N) is 3. The van der Waals surface area contributed by atoms with Crippen LogP contribution < -0.4 is 4.90 Å². The van der Waals surface area contributed by atoms with Crippen molar-refractivity contribution in [3.05, 3.63) is 53.3 Å². The Morgan fingerprint density at radius 2 is 2.00 bits per heavy atom. The van der Waals surface area contributed by atoms with Gasteiger partial charge in [0.15, 0.2) is 5.76 Å². The van der Waals surface area contributed by atoms with Crippen LogP contribution in [0, 0.1) is 6.92 Å². The van der Waals surface area contributed by atoms with E-state index < -0.39 is 11.9 Å². The monoisotopic (exact) mass is 399 g/mol. The predicted molar refractivity (Wildman–Crippen MR) is 106 cm³/mol. The summed E-state index contributed by atoms with van der Waals surface area (Å²) in [5.74, 6) is -0.364. The molecule has 146 valence electrons. The number of thiazole rings is 1. The van der Waals surface area contributed by atoms with Crippen LogP contribution in [0.5, 0.6) is 0 Å². The number of esters is 1. The SMILES string of the molecule is COC(=O)C[C@@H](CC(=O)N(C)c1ccccc1)c1noc(-c2cncs2)c1C. The van der Waals surface area contributed by atoms with Gasteiger partial charge in [-0.25, -0.2) is 0 Å². The molecule has 0 aliphatic heterocycles. The maximum Gasteiger partial charge on any atom is 0.306 e. The number of carbonyl (C=O) groups excluding carboxylic acids is 2. The number of para-hydroxylation sites is 1. The second-order valence-corrected chi connectivity index (χ2v) is 7.24. The third-order valence-corrected chi connectivity index (χ3v) is 5.35. The number of amides is 1. The number of benzene rings is 1. The van der Waals surface area contributed by atoms with Crippen molar-refractivity contribution >= 4 is 28.9 Å². The van der Waals surface area contributed by atoms with Gasteiger partial charge in [-0.05, 0) is 19.1 Å². The van der Waals surface area contributed by atoms with Crippen LogP contribution in [0.15, 0.2) is 46.6 Å². The molecule has 7 nitrogen and oxygen atoms in total. The van der Waals surface area contributed by atoms with Gasteiger partial charge in [0.05, 0.1) is 29.6 Å². The third-order valence-electron chi connectivity index (χ3n) is 4.58. The molecule has 0 unspecified atom stereocenters. The maximum atomic E-state index is 12.9. The summed E-state index contributed by atoms with van der Waals surface area (Å²) in [4.78, 5) is 31.3. The molecule has 3 rings (SSSR count). The minimum Gasteiger partial charge on any atom is -0.469 e. The average Bonchev–Trinajstić information content (AvgIpc) is 3.36. The lowest BCUT2D eigenvalue weighted by molar-refractivity contribution is -0.141. The molecule has 3 aromatic rings. The van der Waals surface area contributed by atoms with Gasteiger partial charge in [-0.3, -0.25) is 14.6 Å². The molecule has 0 N–H and O–H groups in total. The molecule has 0 radical (unpaired) electrons. The molecule has 2 aromatic heterocycles. The lowest BCUT2D eigenvalue weighted by Crippen LogP contribution is -2.28. The first kappa shape index (κ1) is 19.8. The van der Waals surface area contributed by atoms with E-state index in [0.717, 1.165) is 16.1 Å². The zero-order valence-corrected chi connectivity index (χ0v) is 16.7. The number of anilines is 1. The molecule has 0 bridgehead atoms. The summed E-state index contributed by atoms with van der Waals surface area (Å²) in [5.41, 5.74) is 3.88. The molecule has 0 aliphatic rings. The fourth-order valence-corrected chi connectivity index (χ4v) is 3.63. The van der Waals surface area contributed by atoms with E-state index in [2.05, 4.69) is 10.1 Å². The second-order valence-electron chi connectivity index (χ2n) is 6.36. The molecule has 2 heterocycles. The van der Waals surface area contributed by atoms with E-state index in [0.29, 0.717) is 11.5 Å². The molecule has 8 heteroatoms. The van der Waals surface area contributed by atoms with Gasteiger partial charge in [-0.15, -0.1) is 11.3 Å². The van der Waals surface area contributed by atoms with Crippen molar-refractivity contribution in [2.24, 2.45) is 0 Å². The first-order valence-corrected chi connectivity index (χ1v) is 9.62. The topological polar surface area (TPSA) is 85.5 Å². The Balaban J connectivity index is 1.85. The second kappa shape index (κ2) is 8.79. The van der Waals surface area contributed by atoms with Crippen LogP contribution in [-0.2, 0) is 14.3 Å². The van der Waals surface area contributed by atoms with E-state index in [1.54, 1.807) is 23.7 Å². The summed E-state index contributed by atoms with van der Waals surface area (Å²) < 4.78 is 10.3. The number of carbonyl (C=O) groups is 2. The van der Waals surface area contributed by atoms with Crippen molar-refractivity contribution in [3.8, 4) is 10.6 Å². The van der Waals surface area contributed by atoms with Gasteiger partial charge < -0.3 is 14.2 Å². The van der Waals surface area contributed by atoms with Gasteiger partial charge >= 0.3 is 5.97 Å². The highest BCUT2D eigenvalue weighted by molar-refractivity contribution is 7.13. The minimum atomic E-state index is -0.448. The van der Waals surface area contributed by atoms with E-state index in [1.807, 2.05) is 37.3 Å². The van der Waals surface area contributed by atoms with Gasteiger partial charge in [0.1, 0.15) is 0 Å². The highest BCUT2D eigenvalue weighted by atomic mass is 32.1. The van der Waals surface area contributed by atoms with Crippen molar-refractivity contribution in [2.45, 2.75) is 25.7 Å². The van der Waals surface area contributed by atoms with Crippen LogP contribution in [0.4, 0.5) is 5.69 Å². The Labute approximate surface area is 166 Å². The van der Waals surface area contributed by atoms with Crippen molar-refractivity contribution in [2.75, 3.05) is 19.1 Å². The number of methoxy groups -OCH3 is 1. The summed E-state index contributed by atoms with van der Waals surface area (Å²) >= 11 is 1.44. The van der Waals surface area contributed by atoms with Crippen LogP contribution in [-0.4, -0.2) is 36.2 Å². The van der Waals surface area contributed by atoms with Gasteiger partial charge in [0.2, 0.25) is 5.91 Å². The van der Waals surface area contributed by atoms with Crippen LogP contribution in [0.2, 0.25) is 0 Å². The number of aromatic nitrogens is 2. The number of ether oxygens (including phenoxy) is 1. The van der Waals surface area contributed by atoms with Gasteiger partial charge in [-0.1, -0.05) is 23.4 Å². The third kappa shape index (κ3) is 4.28. The fraction of sp³-hybridized carbons (Fsp3) is 0.300. The predicted octanol–water partition coefficient (Wildman–Crippen LogP) is 3.81. The Morgan fingerprint density at radius 1 is 1.25 bits per heavy atom. The molecule has 1 atom stereocenters. The summed E-state index contributed by atoms with van der Waals surface area (Å²) in [6.45, 7) is 1.87. The largest absolute Gasteiger partial charge is 0.469 e. The van der Waals surface area contributed by atoms with Crippen molar-refractivity contribution < 1.29 is 18.8 Å². The Hall–Kier alpha value is -3.00. The zero-order valence-electron chi connectivity index (χ0n) is 15.9. The van der Waals surface area contributed by atoms with Crippen LogP contribution in [0.3, 0.4) is 0 Å². The summed E-state index contributed by atoms with van der Waals surface area (Å²) in [5, 5.41) is 4.17. The first-order valence-electron chi connectivity index (χ1n) is 8.74. The fourth-order valence-electron chi connectivity index (χ4n) is 2.98. The highest BCUT2D eigenvalue weighted by Gasteiger charge is 2.28. The molecule has 0 saturated carbocycles. The molecule has 1 aromatic carbocycles. The molecule has 28 heavy (non-hydrogen) atoms. The van der Waals surface area contributed by atoms with Gasteiger partial charge in [-0.2, -0.15) is 0 Å². The minimum absolute atomic E-state index is 0.0420. The summed E-state index contributed by atoms with van der Waals surface area (Å²) in [6.07, 6.45) is 1.85. The number of hydrogen-bond acceptors (Lipinski definition) is 7. The van der Waals surface area contributed by atoms with E-state index in [-0.39, 0.29) is 18.7 Å². The summed E-state index contributed by atoms with van der Waals surface area (Å²) in [6, 6.07) is 9.34. The highest BCUT2D eigenvalue weighted by Crippen LogP contribution is 2.34. The maximum absolute atomic E-state index is 12.9.